The molecule has 0 saturated carbocycles. The Morgan fingerprint density at radius 1 is 1.00 bits per heavy atom. The maximum absolute atomic E-state index is 11.0. The maximum atomic E-state index is 11.0. The summed E-state index contributed by atoms with van der Waals surface area (Å²) in [6.45, 7) is -0.298. The van der Waals surface area contributed by atoms with Crippen LogP contribution in [-0.4, -0.2) is 76.1 Å². The highest BCUT2D eigenvalue weighted by Gasteiger charge is 2.42. The third-order valence-corrected chi connectivity index (χ3v) is 6.99. The van der Waals surface area contributed by atoms with Gasteiger partial charge in [0.1, 0.15) is 37.0 Å². The van der Waals surface area contributed by atoms with E-state index in [4.69, 9.17) is 4.74 Å². The molecule has 1 fully saturated rings. The summed E-state index contributed by atoms with van der Waals surface area (Å²) in [7, 11) is 0. The van der Waals surface area contributed by atoms with Crippen LogP contribution < -0.4 is 5.32 Å². The smallest absolute Gasteiger partial charge is 0.167 e. The monoisotopic (exact) mass is 479 g/mol. The van der Waals surface area contributed by atoms with Gasteiger partial charge in [0, 0.05) is 6.42 Å². The molecule has 6 N–H and O–H groups in total. The summed E-state index contributed by atoms with van der Waals surface area (Å²) < 4.78 is 7.41. The molecular formula is C24H25N5O6. The molecule has 2 aliphatic rings. The molecule has 0 bridgehead atoms. The van der Waals surface area contributed by atoms with Crippen LogP contribution in [-0.2, 0) is 4.74 Å². The van der Waals surface area contributed by atoms with Gasteiger partial charge in [-0.3, -0.25) is 4.57 Å². The number of rotatable bonds is 4. The minimum Gasteiger partial charge on any atom is -0.394 e. The van der Waals surface area contributed by atoms with E-state index in [2.05, 4.69) is 20.3 Å². The van der Waals surface area contributed by atoms with E-state index in [1.54, 1.807) is 10.6 Å². The molecular weight excluding hydrogens is 454 g/mol. The lowest BCUT2D eigenvalue weighted by molar-refractivity contribution is -0.0766. The Morgan fingerprint density at radius 3 is 2.63 bits per heavy atom. The van der Waals surface area contributed by atoms with Crippen LogP contribution in [0.2, 0.25) is 0 Å². The van der Waals surface area contributed by atoms with E-state index in [1.807, 2.05) is 30.3 Å². The lowest BCUT2D eigenvalue weighted by Gasteiger charge is -2.38. The van der Waals surface area contributed by atoms with Crippen LogP contribution in [0.15, 0.2) is 49.1 Å². The van der Waals surface area contributed by atoms with E-state index >= 15 is 0 Å². The summed E-state index contributed by atoms with van der Waals surface area (Å²) >= 11 is 0. The number of aliphatic hydroxyl groups excluding tert-OH is 5. The van der Waals surface area contributed by atoms with Crippen molar-refractivity contribution in [2.75, 3.05) is 11.9 Å². The van der Waals surface area contributed by atoms with Crippen LogP contribution in [0.4, 0.5) is 5.82 Å². The number of fused-ring (bicyclic) bond motifs is 4. The number of hydrogen-bond acceptors (Lipinski definition) is 10. The number of nitrogens with one attached hydrogen (secondary N) is 1. The molecule has 11 heteroatoms. The first-order chi connectivity index (χ1) is 17.0. The van der Waals surface area contributed by atoms with Gasteiger partial charge in [0.2, 0.25) is 0 Å². The topological polar surface area (TPSA) is 166 Å². The predicted molar refractivity (Wildman–Crippen MR) is 124 cm³/mol. The minimum atomic E-state index is -1.40. The van der Waals surface area contributed by atoms with Crippen molar-refractivity contribution in [3.63, 3.8) is 0 Å². The molecule has 182 valence electrons. The van der Waals surface area contributed by atoms with Gasteiger partial charge >= 0.3 is 0 Å². The van der Waals surface area contributed by atoms with Crippen molar-refractivity contribution in [2.45, 2.75) is 49.2 Å². The van der Waals surface area contributed by atoms with Gasteiger partial charge in [-0.1, -0.05) is 36.4 Å². The Morgan fingerprint density at radius 2 is 1.83 bits per heavy atom. The molecule has 11 nitrogen and oxygen atoms in total. The number of benzene rings is 2. The molecule has 3 heterocycles. The molecule has 6 rings (SSSR count). The highest BCUT2D eigenvalue weighted by molar-refractivity contribution is 5.89. The van der Waals surface area contributed by atoms with Gasteiger partial charge in [0.15, 0.2) is 17.0 Å². The summed E-state index contributed by atoms with van der Waals surface area (Å²) in [5.41, 5.74) is 2.06. The van der Waals surface area contributed by atoms with Crippen molar-refractivity contribution in [1.82, 2.24) is 19.5 Å². The molecule has 1 aliphatic carbocycles. The first-order valence-corrected chi connectivity index (χ1v) is 11.4. The average Bonchev–Trinajstić information content (AvgIpc) is 3.48. The zero-order chi connectivity index (χ0) is 24.3. The summed E-state index contributed by atoms with van der Waals surface area (Å²) in [5, 5.41) is 56.8. The molecule has 35 heavy (non-hydrogen) atoms. The van der Waals surface area contributed by atoms with Crippen molar-refractivity contribution in [3.8, 4) is 0 Å². The fourth-order valence-electron chi connectivity index (χ4n) is 5.18. The quantitative estimate of drug-likeness (QED) is 0.243. The number of hydrogen-bond donors (Lipinski definition) is 6. The Hall–Kier alpha value is -3.19. The predicted octanol–water partition coefficient (Wildman–Crippen LogP) is 0.542. The Kier molecular flexibility index (Phi) is 5.40. The molecule has 2 aromatic heterocycles. The second-order valence-electron chi connectivity index (χ2n) is 9.00. The normalized spacial score (nSPS) is 30.6. The zero-order valence-electron chi connectivity index (χ0n) is 18.5. The second-order valence-corrected chi connectivity index (χ2v) is 9.00. The molecule has 1 aliphatic heterocycles. The molecule has 4 aromatic rings. The number of nitrogens with zero attached hydrogens (tertiary/aromatic N) is 4. The van der Waals surface area contributed by atoms with E-state index < -0.39 is 42.8 Å². The standard InChI is InChI=1S/C24H25N5O6/c30-8-15-14(31)7-16(35-15)29-10-27-19-23(25-9-26-24(19)29)28-18-17-12-4-2-1-3-11(12)5-6-13(17)20(32)22(34)21(18)33/h1-6,9-10,14-16,18,20-22,30-34H,7-8H2,(H,25,26,28)/t14-,15+,16+,18+,20+,21+,22-/m0/s1. The zero-order valence-corrected chi connectivity index (χ0v) is 18.5. The Bertz CT molecular complexity index is 1400. The van der Waals surface area contributed by atoms with Gasteiger partial charge in [0.25, 0.3) is 0 Å². The first kappa shape index (κ1) is 22.3. The average molecular weight is 479 g/mol. The van der Waals surface area contributed by atoms with Crippen LogP contribution in [0.1, 0.15) is 35.9 Å². The first-order valence-electron chi connectivity index (χ1n) is 11.4. The molecule has 1 saturated heterocycles. The highest BCUT2D eigenvalue weighted by atomic mass is 16.5. The van der Waals surface area contributed by atoms with E-state index in [9.17, 15) is 25.5 Å². The summed E-state index contributed by atoms with van der Waals surface area (Å²) in [6, 6.07) is 10.5. The van der Waals surface area contributed by atoms with E-state index in [-0.39, 0.29) is 13.0 Å². The molecule has 2 aromatic carbocycles. The van der Waals surface area contributed by atoms with Gasteiger partial charge in [-0.2, -0.15) is 0 Å². The fourth-order valence-corrected chi connectivity index (χ4v) is 5.18. The number of ether oxygens (including phenoxy) is 1. The van der Waals surface area contributed by atoms with Crippen LogP contribution in [0.3, 0.4) is 0 Å². The number of aromatic nitrogens is 4. The SMILES string of the molecule is OC[C@H]1O[C@@H](n2cnc3c(N[C@@H]4c5c(ccc6ccccc56)[C@@H](O)[C@H](O)[C@@H]4O)ncnc32)C[C@@H]1O. The summed E-state index contributed by atoms with van der Waals surface area (Å²) in [4.78, 5) is 13.1. The lowest BCUT2D eigenvalue weighted by Crippen LogP contribution is -2.44. The number of imidazole rings is 1. The molecule has 0 radical (unpaired) electrons. The fraction of sp³-hybridized carbons (Fsp3) is 0.375. The van der Waals surface area contributed by atoms with Crippen LogP contribution in [0.5, 0.6) is 0 Å². The second kappa shape index (κ2) is 8.48. The molecule has 0 spiro atoms. The van der Waals surface area contributed by atoms with Gasteiger partial charge in [0.05, 0.1) is 25.1 Å². The Labute approximate surface area is 199 Å². The van der Waals surface area contributed by atoms with Gasteiger partial charge < -0.3 is 35.6 Å². The Balaban J connectivity index is 1.42. The highest BCUT2D eigenvalue weighted by Crippen LogP contribution is 2.42. The van der Waals surface area contributed by atoms with E-state index in [0.29, 0.717) is 28.1 Å². The van der Waals surface area contributed by atoms with Crippen molar-refractivity contribution >= 4 is 27.8 Å². The third kappa shape index (κ3) is 3.47. The third-order valence-electron chi connectivity index (χ3n) is 6.99. The van der Waals surface area contributed by atoms with Crippen molar-refractivity contribution in [1.29, 1.82) is 0 Å². The summed E-state index contributed by atoms with van der Waals surface area (Å²) in [5.74, 6) is 0.331. The van der Waals surface area contributed by atoms with Crippen LogP contribution >= 0.6 is 0 Å². The summed E-state index contributed by atoms with van der Waals surface area (Å²) in [6.07, 6.45) is -2.87. The largest absolute Gasteiger partial charge is 0.394 e. The number of anilines is 1. The van der Waals surface area contributed by atoms with Gasteiger partial charge in [-0.15, -0.1) is 0 Å². The molecule has 0 unspecified atom stereocenters. The molecule has 0 amide bonds. The number of aliphatic hydroxyl groups is 5. The van der Waals surface area contributed by atoms with Crippen molar-refractivity contribution < 1.29 is 30.3 Å². The van der Waals surface area contributed by atoms with Crippen LogP contribution in [0, 0.1) is 0 Å². The van der Waals surface area contributed by atoms with E-state index in [0.717, 1.165) is 10.8 Å². The van der Waals surface area contributed by atoms with Crippen molar-refractivity contribution in [3.05, 3.63) is 60.2 Å². The van der Waals surface area contributed by atoms with Gasteiger partial charge in [-0.25, -0.2) is 15.0 Å². The maximum Gasteiger partial charge on any atom is 0.167 e. The van der Waals surface area contributed by atoms with Gasteiger partial charge in [-0.05, 0) is 21.9 Å². The molecule has 7 atom stereocenters. The minimum absolute atomic E-state index is 0.272. The van der Waals surface area contributed by atoms with Crippen LogP contribution in [0.25, 0.3) is 21.9 Å². The lowest BCUT2D eigenvalue weighted by atomic mass is 9.79. The van der Waals surface area contributed by atoms with E-state index in [1.165, 1.54) is 12.7 Å². The van der Waals surface area contributed by atoms with Crippen molar-refractivity contribution in [2.24, 2.45) is 0 Å².